The fourth-order valence-electron chi connectivity index (χ4n) is 2.09. The van der Waals surface area contributed by atoms with Gasteiger partial charge in [0.15, 0.2) is 0 Å². The molecule has 0 aliphatic rings. The van der Waals surface area contributed by atoms with Crippen LogP contribution in [0.25, 0.3) is 6.08 Å². The molecule has 0 atom stereocenters. The molecule has 0 spiro atoms. The predicted octanol–water partition coefficient (Wildman–Crippen LogP) is 3.24. The third-order valence-electron chi connectivity index (χ3n) is 3.48. The largest absolute Gasteiger partial charge is 0.333 e. The van der Waals surface area contributed by atoms with Crippen LogP contribution in [0.4, 0.5) is 10.1 Å². The van der Waals surface area contributed by atoms with Gasteiger partial charge in [-0.3, -0.25) is 9.59 Å². The Labute approximate surface area is 140 Å². The third-order valence-corrected chi connectivity index (χ3v) is 3.48. The molecule has 4 nitrogen and oxygen atoms in total. The van der Waals surface area contributed by atoms with Gasteiger partial charge in [0.05, 0.1) is 6.54 Å². The lowest BCUT2D eigenvalue weighted by molar-refractivity contribution is -0.129. The first-order valence-corrected chi connectivity index (χ1v) is 7.50. The van der Waals surface area contributed by atoms with E-state index in [1.54, 1.807) is 13.1 Å². The van der Waals surface area contributed by atoms with Gasteiger partial charge in [0, 0.05) is 18.8 Å². The third kappa shape index (κ3) is 5.05. The van der Waals surface area contributed by atoms with E-state index in [1.165, 1.54) is 35.2 Å². The van der Waals surface area contributed by atoms with Crippen LogP contribution in [-0.2, 0) is 9.59 Å². The van der Waals surface area contributed by atoms with Crippen LogP contribution in [-0.4, -0.2) is 30.3 Å². The van der Waals surface area contributed by atoms with Gasteiger partial charge < -0.3 is 10.2 Å². The van der Waals surface area contributed by atoms with Crippen molar-refractivity contribution in [2.75, 3.05) is 18.9 Å². The number of nitrogens with one attached hydrogen (secondary N) is 1. The minimum absolute atomic E-state index is 0.0890. The summed E-state index contributed by atoms with van der Waals surface area (Å²) >= 11 is 0. The van der Waals surface area contributed by atoms with Gasteiger partial charge >= 0.3 is 0 Å². The zero-order valence-electron chi connectivity index (χ0n) is 13.6. The zero-order valence-corrected chi connectivity index (χ0v) is 13.6. The lowest BCUT2D eigenvalue weighted by Gasteiger charge is -2.15. The van der Waals surface area contributed by atoms with E-state index in [-0.39, 0.29) is 24.2 Å². The number of aryl methyl sites for hydroxylation is 1. The number of carbonyl (C=O) groups excluding carboxylic acids is 2. The average Bonchev–Trinajstić information content (AvgIpc) is 2.56. The molecule has 2 amide bonds. The lowest BCUT2D eigenvalue weighted by atomic mass is 10.1. The normalized spacial score (nSPS) is 10.6. The second-order valence-corrected chi connectivity index (χ2v) is 5.44. The first kappa shape index (κ1) is 17.4. The monoisotopic (exact) mass is 326 g/mol. The van der Waals surface area contributed by atoms with Crippen molar-refractivity contribution < 1.29 is 14.0 Å². The molecule has 2 aromatic rings. The highest BCUT2D eigenvalue weighted by atomic mass is 19.1. The molecule has 0 bridgehead atoms. The number of likely N-dealkylation sites (N-methyl/N-ethyl adjacent to an activating group) is 1. The van der Waals surface area contributed by atoms with Crippen molar-refractivity contribution in [2.45, 2.75) is 6.92 Å². The number of rotatable bonds is 5. The first-order valence-electron chi connectivity index (χ1n) is 7.50. The number of amides is 2. The van der Waals surface area contributed by atoms with Crippen LogP contribution in [0.1, 0.15) is 11.1 Å². The van der Waals surface area contributed by atoms with E-state index < -0.39 is 0 Å². The SMILES string of the molecule is Cc1ccccc1C=CC(=O)N(C)CC(=O)Nc1ccc(F)cc1. The molecule has 2 aromatic carbocycles. The van der Waals surface area contributed by atoms with Crippen LogP contribution in [0.2, 0.25) is 0 Å². The molecule has 0 saturated heterocycles. The number of halogens is 1. The Bertz CT molecular complexity index is 754. The molecule has 2 rings (SSSR count). The molecular formula is C19H19FN2O2. The summed E-state index contributed by atoms with van der Waals surface area (Å²) in [6, 6.07) is 13.2. The van der Waals surface area contributed by atoms with Gasteiger partial charge in [-0.1, -0.05) is 24.3 Å². The molecule has 0 aliphatic carbocycles. The second kappa shape index (κ2) is 8.06. The maximum absolute atomic E-state index is 12.8. The topological polar surface area (TPSA) is 49.4 Å². The van der Waals surface area contributed by atoms with Crippen LogP contribution < -0.4 is 5.32 Å². The number of hydrogen-bond donors (Lipinski definition) is 1. The summed E-state index contributed by atoms with van der Waals surface area (Å²) in [6.45, 7) is 1.87. The lowest BCUT2D eigenvalue weighted by Crippen LogP contribution is -2.33. The number of carbonyl (C=O) groups is 2. The standard InChI is InChI=1S/C19H19FN2O2/c1-14-5-3-4-6-15(14)7-12-19(24)22(2)13-18(23)21-17-10-8-16(20)9-11-17/h3-12H,13H2,1-2H3,(H,21,23). The molecule has 0 aromatic heterocycles. The van der Waals surface area contributed by atoms with E-state index in [9.17, 15) is 14.0 Å². The summed E-state index contributed by atoms with van der Waals surface area (Å²) in [6.07, 6.45) is 3.17. The molecule has 0 saturated carbocycles. The van der Waals surface area contributed by atoms with Gasteiger partial charge in [0.2, 0.25) is 11.8 Å². The van der Waals surface area contributed by atoms with Gasteiger partial charge in [-0.2, -0.15) is 0 Å². The number of benzene rings is 2. The van der Waals surface area contributed by atoms with Crippen molar-refractivity contribution in [2.24, 2.45) is 0 Å². The zero-order chi connectivity index (χ0) is 17.5. The van der Waals surface area contributed by atoms with Crippen LogP contribution in [0.15, 0.2) is 54.6 Å². The Kier molecular flexibility index (Phi) is 5.84. The van der Waals surface area contributed by atoms with E-state index in [0.717, 1.165) is 11.1 Å². The van der Waals surface area contributed by atoms with E-state index in [2.05, 4.69) is 5.32 Å². The molecule has 0 fully saturated rings. The van der Waals surface area contributed by atoms with E-state index in [0.29, 0.717) is 5.69 Å². The van der Waals surface area contributed by atoms with Gasteiger partial charge in [0.1, 0.15) is 5.82 Å². The fourth-order valence-corrected chi connectivity index (χ4v) is 2.09. The van der Waals surface area contributed by atoms with Crippen LogP contribution >= 0.6 is 0 Å². The Morgan fingerprint density at radius 2 is 1.79 bits per heavy atom. The summed E-state index contributed by atoms with van der Waals surface area (Å²) in [5.74, 6) is -0.990. The van der Waals surface area contributed by atoms with Crippen molar-refractivity contribution in [1.29, 1.82) is 0 Å². The molecule has 0 heterocycles. The van der Waals surface area contributed by atoms with E-state index >= 15 is 0 Å². The molecule has 0 aliphatic heterocycles. The summed E-state index contributed by atoms with van der Waals surface area (Å²) in [5.41, 5.74) is 2.51. The highest BCUT2D eigenvalue weighted by molar-refractivity contribution is 5.97. The Hall–Kier alpha value is -2.95. The highest BCUT2D eigenvalue weighted by Gasteiger charge is 2.10. The average molecular weight is 326 g/mol. The summed E-state index contributed by atoms with van der Waals surface area (Å²) in [5, 5.41) is 2.61. The van der Waals surface area contributed by atoms with Crippen LogP contribution in [0.3, 0.4) is 0 Å². The van der Waals surface area contributed by atoms with Gasteiger partial charge in [-0.05, 0) is 48.4 Å². The minimum Gasteiger partial charge on any atom is -0.333 e. The maximum atomic E-state index is 12.8. The predicted molar refractivity (Wildman–Crippen MR) is 92.9 cm³/mol. The van der Waals surface area contributed by atoms with Crippen molar-refractivity contribution in [3.8, 4) is 0 Å². The van der Waals surface area contributed by atoms with Gasteiger partial charge in [0.25, 0.3) is 0 Å². The van der Waals surface area contributed by atoms with Crippen molar-refractivity contribution in [3.05, 3.63) is 71.6 Å². The number of hydrogen-bond acceptors (Lipinski definition) is 2. The number of nitrogens with zero attached hydrogens (tertiary/aromatic N) is 1. The smallest absolute Gasteiger partial charge is 0.246 e. The quantitative estimate of drug-likeness (QED) is 0.858. The molecule has 124 valence electrons. The highest BCUT2D eigenvalue weighted by Crippen LogP contribution is 2.10. The maximum Gasteiger partial charge on any atom is 0.246 e. The Balaban J connectivity index is 1.90. The molecule has 1 N–H and O–H groups in total. The summed E-state index contributed by atoms with van der Waals surface area (Å²) in [4.78, 5) is 25.3. The second-order valence-electron chi connectivity index (χ2n) is 5.44. The number of anilines is 1. The van der Waals surface area contributed by atoms with E-state index in [4.69, 9.17) is 0 Å². The Morgan fingerprint density at radius 1 is 1.12 bits per heavy atom. The van der Waals surface area contributed by atoms with Crippen molar-refractivity contribution in [3.63, 3.8) is 0 Å². The van der Waals surface area contributed by atoms with E-state index in [1.807, 2.05) is 31.2 Å². The van der Waals surface area contributed by atoms with Crippen LogP contribution in [0, 0.1) is 12.7 Å². The summed E-state index contributed by atoms with van der Waals surface area (Å²) < 4.78 is 12.8. The minimum atomic E-state index is -0.373. The summed E-state index contributed by atoms with van der Waals surface area (Å²) in [7, 11) is 1.55. The van der Waals surface area contributed by atoms with Crippen molar-refractivity contribution >= 4 is 23.6 Å². The van der Waals surface area contributed by atoms with Crippen molar-refractivity contribution in [1.82, 2.24) is 4.90 Å². The molecular weight excluding hydrogens is 307 g/mol. The fraction of sp³-hybridized carbons (Fsp3) is 0.158. The van der Waals surface area contributed by atoms with Crippen LogP contribution in [0.5, 0.6) is 0 Å². The van der Waals surface area contributed by atoms with Gasteiger partial charge in [-0.15, -0.1) is 0 Å². The molecule has 5 heteroatoms. The molecule has 24 heavy (non-hydrogen) atoms. The molecule has 0 unspecified atom stereocenters. The van der Waals surface area contributed by atoms with Gasteiger partial charge in [-0.25, -0.2) is 4.39 Å². The Morgan fingerprint density at radius 3 is 2.46 bits per heavy atom. The first-order chi connectivity index (χ1) is 11.5. The molecule has 0 radical (unpaired) electrons.